The second-order valence-corrected chi connectivity index (χ2v) is 25.3. The van der Waals surface area contributed by atoms with Gasteiger partial charge in [0.05, 0.1) is 25.4 Å². The molecule has 1 amide bonds. The molecule has 2 atom stereocenters. The lowest BCUT2D eigenvalue weighted by molar-refractivity contribution is -0.143. The molecule has 79 heavy (non-hydrogen) atoms. The number of aliphatic hydroxyl groups is 2. The molecule has 0 spiro atoms. The highest BCUT2D eigenvalue weighted by Gasteiger charge is 2.20. The van der Waals surface area contributed by atoms with Crippen LogP contribution in [0.3, 0.4) is 0 Å². The Morgan fingerprint density at radius 1 is 0.342 bits per heavy atom. The SMILES string of the molecule is CCCCCCCCCCCCCCCCCCCCCC(=O)OCCCCCCCCCCCCCC/C=C\CCCCCCCCCCCCCCCCCCCC(=O)NC(CO)C(O)CCCCCCCCCCCC. The normalized spacial score (nSPS) is 12.5. The van der Waals surface area contributed by atoms with Crippen LogP contribution < -0.4 is 5.32 Å². The number of carbonyl (C=O) groups is 2. The average molecular weight is 1110 g/mol. The van der Waals surface area contributed by atoms with Gasteiger partial charge in [-0.1, -0.05) is 366 Å². The molecule has 0 fully saturated rings. The number of nitrogens with one attached hydrogen (secondary N) is 1. The zero-order valence-corrected chi connectivity index (χ0v) is 53.9. The van der Waals surface area contributed by atoms with Gasteiger partial charge in [0.15, 0.2) is 0 Å². The van der Waals surface area contributed by atoms with E-state index in [0.717, 1.165) is 38.5 Å². The van der Waals surface area contributed by atoms with E-state index in [-0.39, 0.29) is 18.5 Å². The Bertz CT molecular complexity index is 1190. The molecule has 0 aliphatic rings. The lowest BCUT2D eigenvalue weighted by Gasteiger charge is -2.22. The molecule has 6 nitrogen and oxygen atoms in total. The van der Waals surface area contributed by atoms with Crippen molar-refractivity contribution in [2.45, 2.75) is 431 Å². The van der Waals surface area contributed by atoms with Gasteiger partial charge in [0, 0.05) is 12.8 Å². The monoisotopic (exact) mass is 1110 g/mol. The summed E-state index contributed by atoms with van der Waals surface area (Å²) in [5.74, 6) is -0.00683. The van der Waals surface area contributed by atoms with Gasteiger partial charge < -0.3 is 20.3 Å². The van der Waals surface area contributed by atoms with Crippen LogP contribution in [0.2, 0.25) is 0 Å². The Balaban J connectivity index is 3.30. The van der Waals surface area contributed by atoms with Gasteiger partial charge in [0.25, 0.3) is 0 Å². The fourth-order valence-electron chi connectivity index (χ4n) is 11.8. The fraction of sp³-hybridized carbons (Fsp3) is 0.945. The second-order valence-electron chi connectivity index (χ2n) is 25.3. The minimum Gasteiger partial charge on any atom is -0.466 e. The van der Waals surface area contributed by atoms with E-state index in [1.54, 1.807) is 0 Å². The predicted octanol–water partition coefficient (Wildman–Crippen LogP) is 23.5. The quantitative estimate of drug-likeness (QED) is 0.0320. The zero-order valence-electron chi connectivity index (χ0n) is 53.9. The molecule has 0 heterocycles. The molecule has 6 heteroatoms. The summed E-state index contributed by atoms with van der Waals surface area (Å²) in [4.78, 5) is 24.6. The first-order valence-electron chi connectivity index (χ1n) is 36.4. The molecular weight excluding hydrogens is 971 g/mol. The Labute approximate surface area is 495 Å². The van der Waals surface area contributed by atoms with Crippen molar-refractivity contribution in [2.75, 3.05) is 13.2 Å². The van der Waals surface area contributed by atoms with Crippen molar-refractivity contribution in [1.82, 2.24) is 5.32 Å². The molecule has 0 saturated carbocycles. The number of amides is 1. The van der Waals surface area contributed by atoms with E-state index in [2.05, 4.69) is 31.3 Å². The fourth-order valence-corrected chi connectivity index (χ4v) is 11.8. The predicted molar refractivity (Wildman–Crippen MR) is 347 cm³/mol. The summed E-state index contributed by atoms with van der Waals surface area (Å²) in [5, 5.41) is 23.2. The summed E-state index contributed by atoms with van der Waals surface area (Å²) < 4.78 is 5.52. The lowest BCUT2D eigenvalue weighted by Crippen LogP contribution is -2.45. The van der Waals surface area contributed by atoms with Crippen LogP contribution in [0.1, 0.15) is 418 Å². The van der Waals surface area contributed by atoms with Crippen molar-refractivity contribution >= 4 is 11.9 Å². The van der Waals surface area contributed by atoms with Gasteiger partial charge in [0.2, 0.25) is 5.91 Å². The topological polar surface area (TPSA) is 95.9 Å². The molecule has 0 aromatic carbocycles. The van der Waals surface area contributed by atoms with E-state index in [1.807, 2.05) is 0 Å². The minimum atomic E-state index is -0.659. The van der Waals surface area contributed by atoms with Crippen molar-refractivity contribution in [3.8, 4) is 0 Å². The third-order valence-electron chi connectivity index (χ3n) is 17.3. The molecule has 3 N–H and O–H groups in total. The van der Waals surface area contributed by atoms with Crippen LogP contribution >= 0.6 is 0 Å². The van der Waals surface area contributed by atoms with E-state index < -0.39 is 12.1 Å². The first kappa shape index (κ1) is 77.6. The molecule has 470 valence electrons. The van der Waals surface area contributed by atoms with Crippen molar-refractivity contribution in [1.29, 1.82) is 0 Å². The maximum absolute atomic E-state index is 12.4. The number of esters is 1. The zero-order chi connectivity index (χ0) is 57.1. The maximum Gasteiger partial charge on any atom is 0.305 e. The van der Waals surface area contributed by atoms with E-state index in [0.29, 0.717) is 25.9 Å². The van der Waals surface area contributed by atoms with Crippen LogP contribution in [-0.4, -0.2) is 47.4 Å². The molecule has 0 rings (SSSR count). The summed E-state index contributed by atoms with van der Waals surface area (Å²) >= 11 is 0. The third-order valence-corrected chi connectivity index (χ3v) is 17.3. The molecule has 0 saturated heterocycles. The standard InChI is InChI=1S/C73H143NO5/c1-3-5-7-9-11-13-15-16-17-18-34-38-41-44-47-51-55-59-63-67-73(78)79-68-64-60-56-52-48-45-42-39-36-33-31-29-27-25-23-21-19-20-22-24-26-28-30-32-35-37-40-43-46-50-54-58-62-66-72(77)74-70(69-75)71(76)65-61-57-53-49-14-12-10-8-6-4-2/h23,25,70-71,75-76H,3-22,24,26-69H2,1-2H3,(H,74,77)/b25-23-. The number of allylic oxidation sites excluding steroid dienone is 2. The van der Waals surface area contributed by atoms with Gasteiger partial charge in [0.1, 0.15) is 0 Å². The van der Waals surface area contributed by atoms with Gasteiger partial charge >= 0.3 is 5.97 Å². The average Bonchev–Trinajstić information content (AvgIpc) is 3.45. The summed E-state index contributed by atoms with van der Waals surface area (Å²) in [7, 11) is 0. The highest BCUT2D eigenvalue weighted by molar-refractivity contribution is 5.76. The number of rotatable bonds is 69. The molecule has 0 bridgehead atoms. The number of ether oxygens (including phenoxy) is 1. The van der Waals surface area contributed by atoms with Crippen LogP contribution in [-0.2, 0) is 14.3 Å². The molecule has 2 unspecified atom stereocenters. The van der Waals surface area contributed by atoms with Gasteiger partial charge in [-0.05, 0) is 51.4 Å². The van der Waals surface area contributed by atoms with Crippen molar-refractivity contribution in [3.63, 3.8) is 0 Å². The Hall–Kier alpha value is -1.40. The summed E-state index contributed by atoms with van der Waals surface area (Å²) in [5.41, 5.74) is 0. The largest absolute Gasteiger partial charge is 0.466 e. The molecule has 0 radical (unpaired) electrons. The Kier molecular flexibility index (Phi) is 67.9. The van der Waals surface area contributed by atoms with Crippen LogP contribution in [0, 0.1) is 0 Å². The van der Waals surface area contributed by atoms with Gasteiger partial charge in [-0.3, -0.25) is 9.59 Å². The molecular formula is C73H143NO5. The Morgan fingerprint density at radius 3 is 0.899 bits per heavy atom. The molecule has 0 aliphatic heterocycles. The molecule has 0 aromatic rings. The smallest absolute Gasteiger partial charge is 0.305 e. The molecule has 0 aliphatic carbocycles. The first-order valence-corrected chi connectivity index (χ1v) is 36.4. The van der Waals surface area contributed by atoms with Crippen LogP contribution in [0.25, 0.3) is 0 Å². The number of unbranched alkanes of at least 4 members (excludes halogenated alkanes) is 56. The van der Waals surface area contributed by atoms with Crippen molar-refractivity contribution < 1.29 is 24.5 Å². The van der Waals surface area contributed by atoms with E-state index in [9.17, 15) is 19.8 Å². The summed E-state index contributed by atoms with van der Waals surface area (Å²) in [6.45, 7) is 4.98. The minimum absolute atomic E-state index is 0.0244. The number of hydrogen-bond acceptors (Lipinski definition) is 5. The Morgan fingerprint density at radius 2 is 0.595 bits per heavy atom. The van der Waals surface area contributed by atoms with Crippen LogP contribution in [0.5, 0.6) is 0 Å². The van der Waals surface area contributed by atoms with Gasteiger partial charge in [-0.25, -0.2) is 0 Å². The van der Waals surface area contributed by atoms with Crippen LogP contribution in [0.15, 0.2) is 12.2 Å². The number of carbonyl (C=O) groups excluding carboxylic acids is 2. The first-order chi connectivity index (χ1) is 39.0. The van der Waals surface area contributed by atoms with Gasteiger partial charge in [-0.2, -0.15) is 0 Å². The third kappa shape index (κ3) is 65.6. The summed E-state index contributed by atoms with van der Waals surface area (Å²) in [6, 6.07) is -0.536. The van der Waals surface area contributed by atoms with Crippen molar-refractivity contribution in [2.24, 2.45) is 0 Å². The highest BCUT2D eigenvalue weighted by atomic mass is 16.5. The van der Waals surface area contributed by atoms with Gasteiger partial charge in [-0.15, -0.1) is 0 Å². The second kappa shape index (κ2) is 69.1. The number of hydrogen-bond donors (Lipinski definition) is 3. The van der Waals surface area contributed by atoms with E-state index >= 15 is 0 Å². The number of aliphatic hydroxyl groups excluding tert-OH is 2. The highest BCUT2D eigenvalue weighted by Crippen LogP contribution is 2.19. The van der Waals surface area contributed by atoms with E-state index in [4.69, 9.17) is 4.74 Å². The van der Waals surface area contributed by atoms with E-state index in [1.165, 1.54) is 347 Å². The maximum atomic E-state index is 12.4. The summed E-state index contributed by atoms with van der Waals surface area (Å²) in [6.07, 6.45) is 85.8. The van der Waals surface area contributed by atoms with Crippen LogP contribution in [0.4, 0.5) is 0 Å². The van der Waals surface area contributed by atoms with Crippen molar-refractivity contribution in [3.05, 3.63) is 12.2 Å². The molecule has 0 aromatic heterocycles. The lowest BCUT2D eigenvalue weighted by atomic mass is 10.0.